The average Bonchev–Trinajstić information content (AvgIpc) is 2.94. The molecular weight excluding hydrogens is 522 g/mol. The predicted octanol–water partition coefficient (Wildman–Crippen LogP) is 4.58. The number of anilines is 2. The first-order valence-corrected chi connectivity index (χ1v) is 13.9. The summed E-state index contributed by atoms with van der Waals surface area (Å²) in [5.74, 6) is 2.41. The van der Waals surface area contributed by atoms with Gasteiger partial charge in [-0.1, -0.05) is 47.6 Å². The molecule has 0 spiro atoms. The number of rotatable bonds is 10. The molecule has 0 saturated carbocycles. The standard InChI is InChI=1S/C28H34ClN5O3S/c1-20-7-5-6-8-22(20)33-13-15-34(16-14-33)26-18-25(29)30-28(31-26)38-19-27(35)32(2)12-11-21-9-10-23(36-3)24(17-21)37-4/h5-10,17-18H,11-16,19H2,1-4H3. The number of aromatic nitrogens is 2. The van der Waals surface area contributed by atoms with Crippen molar-refractivity contribution in [2.24, 2.45) is 0 Å². The lowest BCUT2D eigenvalue weighted by Crippen LogP contribution is -2.47. The van der Waals surface area contributed by atoms with Crippen molar-refractivity contribution in [3.8, 4) is 11.5 Å². The number of ether oxygens (including phenoxy) is 2. The quantitative estimate of drug-likeness (QED) is 0.205. The minimum absolute atomic E-state index is 0.00690. The van der Waals surface area contributed by atoms with Gasteiger partial charge in [-0.3, -0.25) is 4.79 Å². The predicted molar refractivity (Wildman–Crippen MR) is 154 cm³/mol. The van der Waals surface area contributed by atoms with Gasteiger partial charge in [0.05, 0.1) is 20.0 Å². The summed E-state index contributed by atoms with van der Waals surface area (Å²) < 4.78 is 10.7. The summed E-state index contributed by atoms with van der Waals surface area (Å²) in [5, 5.41) is 0.892. The maximum Gasteiger partial charge on any atom is 0.232 e. The Balaban J connectivity index is 1.29. The second-order valence-corrected chi connectivity index (χ2v) is 10.5. The number of nitrogens with zero attached hydrogens (tertiary/aromatic N) is 5. The summed E-state index contributed by atoms with van der Waals surface area (Å²) >= 11 is 7.65. The Hall–Kier alpha value is -3.17. The van der Waals surface area contributed by atoms with Crippen molar-refractivity contribution >= 4 is 40.8 Å². The van der Waals surface area contributed by atoms with Crippen LogP contribution in [0.1, 0.15) is 11.1 Å². The molecular formula is C28H34ClN5O3S. The Morgan fingerprint density at radius 1 is 1.00 bits per heavy atom. The number of thioether (sulfide) groups is 1. The Bertz CT molecular complexity index is 1250. The normalized spacial score (nSPS) is 13.4. The maximum absolute atomic E-state index is 12.8. The number of carbonyl (C=O) groups is 1. The number of benzene rings is 2. The van der Waals surface area contributed by atoms with Crippen LogP contribution in [0.4, 0.5) is 11.5 Å². The van der Waals surface area contributed by atoms with E-state index in [1.807, 2.05) is 25.2 Å². The molecule has 1 saturated heterocycles. The number of piperazine rings is 1. The summed E-state index contributed by atoms with van der Waals surface area (Å²) in [6.07, 6.45) is 0.708. The molecule has 2 aromatic carbocycles. The molecule has 1 aromatic heterocycles. The SMILES string of the molecule is COc1ccc(CCN(C)C(=O)CSc2nc(Cl)cc(N3CCN(c4ccccc4C)CC3)n2)cc1OC. The molecule has 0 N–H and O–H groups in total. The topological polar surface area (TPSA) is 71.0 Å². The first-order chi connectivity index (χ1) is 18.4. The van der Waals surface area contributed by atoms with Gasteiger partial charge in [0, 0.05) is 51.5 Å². The Morgan fingerprint density at radius 3 is 2.42 bits per heavy atom. The molecule has 8 nitrogen and oxygen atoms in total. The molecule has 0 unspecified atom stereocenters. The van der Waals surface area contributed by atoms with Gasteiger partial charge in [0.2, 0.25) is 5.91 Å². The van der Waals surface area contributed by atoms with Gasteiger partial charge in [-0.15, -0.1) is 0 Å². The first kappa shape index (κ1) is 27.9. The van der Waals surface area contributed by atoms with E-state index in [0.717, 1.165) is 37.6 Å². The highest BCUT2D eigenvalue weighted by Gasteiger charge is 2.21. The van der Waals surface area contributed by atoms with E-state index in [0.29, 0.717) is 34.8 Å². The van der Waals surface area contributed by atoms with Crippen molar-refractivity contribution < 1.29 is 14.3 Å². The molecule has 0 atom stereocenters. The molecule has 1 amide bonds. The lowest BCUT2D eigenvalue weighted by atomic mass is 10.1. The van der Waals surface area contributed by atoms with Crippen molar-refractivity contribution in [1.29, 1.82) is 0 Å². The van der Waals surface area contributed by atoms with Crippen LogP contribution < -0.4 is 19.3 Å². The molecule has 3 aromatic rings. The molecule has 202 valence electrons. The van der Waals surface area contributed by atoms with Gasteiger partial charge in [-0.2, -0.15) is 0 Å². The summed E-state index contributed by atoms with van der Waals surface area (Å²) in [5.41, 5.74) is 3.63. The lowest BCUT2D eigenvalue weighted by molar-refractivity contribution is -0.127. The Morgan fingerprint density at radius 2 is 1.71 bits per heavy atom. The number of methoxy groups -OCH3 is 2. The fourth-order valence-electron chi connectivity index (χ4n) is 4.40. The van der Waals surface area contributed by atoms with Gasteiger partial charge < -0.3 is 24.2 Å². The van der Waals surface area contributed by atoms with Crippen LogP contribution in [-0.2, 0) is 11.2 Å². The highest BCUT2D eigenvalue weighted by Crippen LogP contribution is 2.28. The van der Waals surface area contributed by atoms with Gasteiger partial charge in [-0.05, 0) is 42.7 Å². The minimum atomic E-state index is 0.00690. The number of likely N-dealkylation sites (N-methyl/N-ethyl adjacent to an activating group) is 1. The molecule has 1 aliphatic rings. The molecule has 0 bridgehead atoms. The highest BCUT2D eigenvalue weighted by atomic mass is 35.5. The van der Waals surface area contributed by atoms with E-state index in [4.69, 9.17) is 26.1 Å². The van der Waals surface area contributed by atoms with Gasteiger partial charge in [-0.25, -0.2) is 9.97 Å². The number of halogens is 1. The van der Waals surface area contributed by atoms with E-state index in [2.05, 4.69) is 46.0 Å². The third-order valence-electron chi connectivity index (χ3n) is 6.65. The average molecular weight is 556 g/mol. The van der Waals surface area contributed by atoms with Crippen molar-refractivity contribution in [2.75, 3.05) is 69.5 Å². The molecule has 10 heteroatoms. The fourth-order valence-corrected chi connectivity index (χ4v) is 5.42. The van der Waals surface area contributed by atoms with E-state index in [1.165, 1.54) is 23.0 Å². The van der Waals surface area contributed by atoms with Crippen LogP contribution in [0.5, 0.6) is 11.5 Å². The second-order valence-electron chi connectivity index (χ2n) is 9.14. The minimum Gasteiger partial charge on any atom is -0.493 e. The van der Waals surface area contributed by atoms with Crippen molar-refractivity contribution in [2.45, 2.75) is 18.5 Å². The summed E-state index contributed by atoms with van der Waals surface area (Å²) in [7, 11) is 5.03. The molecule has 38 heavy (non-hydrogen) atoms. The van der Waals surface area contributed by atoms with Crippen molar-refractivity contribution in [3.05, 3.63) is 64.8 Å². The molecule has 4 rings (SSSR count). The summed E-state index contributed by atoms with van der Waals surface area (Å²) in [6.45, 7) is 6.20. The van der Waals surface area contributed by atoms with E-state index >= 15 is 0 Å². The van der Waals surface area contributed by atoms with Crippen LogP contribution in [-0.4, -0.2) is 80.5 Å². The van der Waals surface area contributed by atoms with Crippen LogP contribution in [0.15, 0.2) is 53.7 Å². The number of hydrogen-bond acceptors (Lipinski definition) is 8. The number of aryl methyl sites for hydroxylation is 1. The third-order valence-corrected chi connectivity index (χ3v) is 7.68. The van der Waals surface area contributed by atoms with Crippen LogP contribution in [0, 0.1) is 6.92 Å². The summed E-state index contributed by atoms with van der Waals surface area (Å²) in [4.78, 5) is 28.2. The number of para-hydroxylation sites is 1. The monoisotopic (exact) mass is 555 g/mol. The van der Waals surface area contributed by atoms with Crippen LogP contribution >= 0.6 is 23.4 Å². The molecule has 0 radical (unpaired) electrons. The number of carbonyl (C=O) groups excluding carboxylic acids is 1. The zero-order chi connectivity index (χ0) is 27.1. The van der Waals surface area contributed by atoms with Crippen LogP contribution in [0.2, 0.25) is 5.15 Å². The van der Waals surface area contributed by atoms with Crippen molar-refractivity contribution in [3.63, 3.8) is 0 Å². The van der Waals surface area contributed by atoms with Gasteiger partial charge >= 0.3 is 0 Å². The number of amides is 1. The van der Waals surface area contributed by atoms with E-state index < -0.39 is 0 Å². The van der Waals surface area contributed by atoms with Crippen LogP contribution in [0.25, 0.3) is 0 Å². The lowest BCUT2D eigenvalue weighted by Gasteiger charge is -2.37. The van der Waals surface area contributed by atoms with E-state index in [9.17, 15) is 4.79 Å². The van der Waals surface area contributed by atoms with Gasteiger partial charge in [0.1, 0.15) is 11.0 Å². The highest BCUT2D eigenvalue weighted by molar-refractivity contribution is 7.99. The molecule has 0 aliphatic carbocycles. The molecule has 1 aliphatic heterocycles. The van der Waals surface area contributed by atoms with E-state index in [1.54, 1.807) is 25.2 Å². The van der Waals surface area contributed by atoms with Crippen LogP contribution in [0.3, 0.4) is 0 Å². The number of hydrogen-bond donors (Lipinski definition) is 0. The van der Waals surface area contributed by atoms with Crippen molar-refractivity contribution in [1.82, 2.24) is 14.9 Å². The zero-order valence-corrected chi connectivity index (χ0v) is 23.9. The maximum atomic E-state index is 12.8. The first-order valence-electron chi connectivity index (χ1n) is 12.6. The third kappa shape index (κ3) is 7.02. The molecule has 1 fully saturated rings. The Labute approximate surface area is 233 Å². The van der Waals surface area contributed by atoms with E-state index in [-0.39, 0.29) is 11.7 Å². The Kier molecular flexibility index (Phi) is 9.58. The molecule has 2 heterocycles. The zero-order valence-electron chi connectivity index (χ0n) is 22.3. The second kappa shape index (κ2) is 13.1. The van der Waals surface area contributed by atoms with Gasteiger partial charge in [0.25, 0.3) is 0 Å². The summed E-state index contributed by atoms with van der Waals surface area (Å²) in [6, 6.07) is 16.1. The smallest absolute Gasteiger partial charge is 0.232 e. The van der Waals surface area contributed by atoms with Gasteiger partial charge in [0.15, 0.2) is 16.7 Å². The fraction of sp³-hybridized carbons (Fsp3) is 0.393. The largest absolute Gasteiger partial charge is 0.493 e.